The van der Waals surface area contributed by atoms with E-state index in [1.807, 2.05) is 0 Å². The van der Waals surface area contributed by atoms with Crippen LogP contribution < -0.4 is 0 Å². The first-order valence-electron chi connectivity index (χ1n) is 8.71. The van der Waals surface area contributed by atoms with E-state index in [9.17, 15) is 9.59 Å². The maximum Gasteiger partial charge on any atom is 0.233 e. The number of carbonyl (C=O) groups is 2. The van der Waals surface area contributed by atoms with Gasteiger partial charge >= 0.3 is 0 Å². The van der Waals surface area contributed by atoms with Crippen LogP contribution in [0.5, 0.6) is 0 Å². The van der Waals surface area contributed by atoms with Crippen molar-refractivity contribution in [2.45, 2.75) is 62.6 Å². The van der Waals surface area contributed by atoms with Crippen molar-refractivity contribution in [2.75, 3.05) is 6.54 Å². The van der Waals surface area contributed by atoms with Gasteiger partial charge in [-0.1, -0.05) is 39.9 Å². The van der Waals surface area contributed by atoms with Crippen molar-refractivity contribution in [1.82, 2.24) is 4.90 Å². The molecule has 4 rings (SSSR count). The Bertz CT molecular complexity index is 622. The maximum absolute atomic E-state index is 13.1. The third kappa shape index (κ3) is 1.51. The van der Waals surface area contributed by atoms with Crippen LogP contribution >= 0.6 is 0 Å². The van der Waals surface area contributed by atoms with Gasteiger partial charge in [0.1, 0.15) is 0 Å². The second-order valence-corrected chi connectivity index (χ2v) is 15.1. The lowest BCUT2D eigenvalue weighted by atomic mass is 9.80. The Morgan fingerprint density at radius 2 is 2.00 bits per heavy atom. The number of hydrogen-bond acceptors (Lipinski definition) is 3. The first-order valence-corrected chi connectivity index (χ1v) is 11.7. The number of epoxide rings is 1. The van der Waals surface area contributed by atoms with Crippen LogP contribution in [-0.2, 0) is 14.3 Å². The number of fused-ring (bicyclic) bond motifs is 8. The lowest BCUT2D eigenvalue weighted by molar-refractivity contribution is -0.140. The minimum Gasteiger partial charge on any atom is -0.369 e. The molecule has 6 atom stereocenters. The summed E-state index contributed by atoms with van der Waals surface area (Å²) in [5.41, 5.74) is 0. The molecule has 0 N–H and O–H groups in total. The Balaban J connectivity index is 1.84. The van der Waals surface area contributed by atoms with Gasteiger partial charge in [0.05, 0.1) is 32.1 Å². The molecule has 2 aliphatic carbocycles. The van der Waals surface area contributed by atoms with E-state index >= 15 is 0 Å². The lowest BCUT2D eigenvalue weighted by Crippen LogP contribution is -2.56. The Hall–Kier alpha value is -0.943. The third-order valence-electron chi connectivity index (χ3n) is 7.84. The summed E-state index contributed by atoms with van der Waals surface area (Å²) in [7, 11) is -1.86. The van der Waals surface area contributed by atoms with E-state index in [0.29, 0.717) is 6.54 Å². The largest absolute Gasteiger partial charge is 0.369 e. The van der Waals surface area contributed by atoms with Crippen LogP contribution in [0.3, 0.4) is 0 Å². The molecule has 0 spiro atoms. The van der Waals surface area contributed by atoms with Gasteiger partial charge in [0, 0.05) is 17.5 Å². The normalized spacial score (nSPS) is 44.6. The quantitative estimate of drug-likeness (QED) is 0.345. The van der Waals surface area contributed by atoms with Crippen molar-refractivity contribution in [3.05, 3.63) is 12.7 Å². The highest BCUT2D eigenvalue weighted by Crippen LogP contribution is 2.80. The molecule has 4 fully saturated rings. The highest BCUT2D eigenvalue weighted by Gasteiger charge is 2.84. The number of amides is 2. The Morgan fingerprint density at radius 3 is 2.57 bits per heavy atom. The molecule has 0 aromatic heterocycles. The highest BCUT2D eigenvalue weighted by atomic mass is 28.3. The van der Waals surface area contributed by atoms with Gasteiger partial charge in [0.25, 0.3) is 0 Å². The molecular formula is C18H27NO3Si. The second kappa shape index (κ2) is 4.17. The van der Waals surface area contributed by atoms with E-state index in [-0.39, 0.29) is 51.9 Å². The van der Waals surface area contributed by atoms with Gasteiger partial charge in [-0.05, 0) is 11.5 Å². The van der Waals surface area contributed by atoms with Crippen molar-refractivity contribution in [1.29, 1.82) is 0 Å². The lowest BCUT2D eigenvalue weighted by Gasteiger charge is -2.52. The summed E-state index contributed by atoms with van der Waals surface area (Å²) in [5.74, 6) is 0.0379. The van der Waals surface area contributed by atoms with Gasteiger partial charge in [-0.2, -0.15) is 0 Å². The van der Waals surface area contributed by atoms with Crippen molar-refractivity contribution in [3.63, 3.8) is 0 Å². The number of ether oxygens (including phenoxy) is 1. The van der Waals surface area contributed by atoms with Crippen LogP contribution in [-0.4, -0.2) is 43.5 Å². The SMILES string of the molecule is C=CCN1C(=O)C2C3CC([Si](C)(C)C(C)(C)C)(C4OC34)C2C1=O. The highest BCUT2D eigenvalue weighted by molar-refractivity contribution is 6.83. The number of carbonyl (C=O) groups excluding carboxylic acids is 2. The fraction of sp³-hybridized carbons (Fsp3) is 0.778. The molecular weight excluding hydrogens is 306 g/mol. The molecule has 2 heterocycles. The van der Waals surface area contributed by atoms with Crippen LogP contribution in [0.1, 0.15) is 27.2 Å². The van der Waals surface area contributed by atoms with E-state index < -0.39 is 8.07 Å². The van der Waals surface area contributed by atoms with Crippen molar-refractivity contribution >= 4 is 19.9 Å². The number of hydrogen-bond donors (Lipinski definition) is 0. The van der Waals surface area contributed by atoms with Crippen LogP contribution in [0.25, 0.3) is 0 Å². The summed E-state index contributed by atoms with van der Waals surface area (Å²) in [4.78, 5) is 27.5. The number of nitrogens with zero attached hydrogens (tertiary/aromatic N) is 1. The number of rotatable bonds is 3. The number of imide groups is 1. The van der Waals surface area contributed by atoms with Gasteiger partial charge in [-0.25, -0.2) is 0 Å². The molecule has 2 aliphatic heterocycles. The minimum absolute atomic E-state index is 0.0273. The summed E-state index contributed by atoms with van der Waals surface area (Å²) >= 11 is 0. The minimum atomic E-state index is -1.86. The summed E-state index contributed by atoms with van der Waals surface area (Å²) in [6.07, 6.45) is 3.13. The molecule has 2 amide bonds. The predicted molar refractivity (Wildman–Crippen MR) is 90.6 cm³/mol. The van der Waals surface area contributed by atoms with Crippen LogP contribution in [0.4, 0.5) is 0 Å². The van der Waals surface area contributed by atoms with Crippen molar-refractivity contribution < 1.29 is 14.3 Å². The average Bonchev–Trinajstić information content (AvgIpc) is 3.02. The fourth-order valence-electron chi connectivity index (χ4n) is 5.85. The molecule has 4 nitrogen and oxygen atoms in total. The zero-order chi connectivity index (χ0) is 16.9. The maximum atomic E-state index is 13.1. The van der Waals surface area contributed by atoms with E-state index in [0.717, 1.165) is 6.42 Å². The first-order chi connectivity index (χ1) is 10.6. The van der Waals surface area contributed by atoms with E-state index in [4.69, 9.17) is 4.74 Å². The van der Waals surface area contributed by atoms with E-state index in [1.54, 1.807) is 6.08 Å². The molecule has 2 saturated carbocycles. The van der Waals surface area contributed by atoms with E-state index in [2.05, 4.69) is 40.4 Å². The number of likely N-dealkylation sites (tertiary alicyclic amines) is 1. The predicted octanol–water partition coefficient (Wildman–Crippen LogP) is 2.82. The molecule has 6 unspecified atom stereocenters. The fourth-order valence-corrected chi connectivity index (χ4v) is 10.0. The molecule has 4 aliphatic rings. The monoisotopic (exact) mass is 333 g/mol. The van der Waals surface area contributed by atoms with Gasteiger partial charge in [0.15, 0.2) is 0 Å². The standard InChI is InChI=1S/C18H27NO3Si/c1-7-8-19-15(20)11-10-9-18(12(11)16(19)21,14-13(10)22-14)23(5,6)17(2,3)4/h7,10-14H,1,8-9H2,2-6H3. The van der Waals surface area contributed by atoms with Crippen molar-refractivity contribution in [3.8, 4) is 0 Å². The topological polar surface area (TPSA) is 49.9 Å². The molecule has 2 saturated heterocycles. The summed E-state index contributed by atoms with van der Waals surface area (Å²) < 4.78 is 6.04. The molecule has 2 bridgehead atoms. The second-order valence-electron chi connectivity index (χ2n) is 9.38. The third-order valence-corrected chi connectivity index (χ3v) is 14.7. The molecule has 0 radical (unpaired) electrons. The molecule has 0 aromatic rings. The smallest absolute Gasteiger partial charge is 0.233 e. The molecule has 0 aromatic carbocycles. The molecule has 5 heteroatoms. The average molecular weight is 334 g/mol. The first kappa shape index (κ1) is 15.6. The van der Waals surface area contributed by atoms with Gasteiger partial charge in [-0.3, -0.25) is 14.5 Å². The van der Waals surface area contributed by atoms with Crippen LogP contribution in [0.2, 0.25) is 23.2 Å². The van der Waals surface area contributed by atoms with Gasteiger partial charge in [-0.15, -0.1) is 6.58 Å². The summed E-state index contributed by atoms with van der Waals surface area (Å²) in [6, 6.07) is 0. The van der Waals surface area contributed by atoms with E-state index in [1.165, 1.54) is 4.90 Å². The Morgan fingerprint density at radius 1 is 1.35 bits per heavy atom. The van der Waals surface area contributed by atoms with Gasteiger partial charge < -0.3 is 4.74 Å². The van der Waals surface area contributed by atoms with Crippen molar-refractivity contribution in [2.24, 2.45) is 17.8 Å². The van der Waals surface area contributed by atoms with Gasteiger partial charge in [0.2, 0.25) is 11.8 Å². The van der Waals surface area contributed by atoms with Crippen LogP contribution in [0, 0.1) is 17.8 Å². The summed E-state index contributed by atoms with van der Waals surface area (Å²) in [5, 5.41) is 0.0936. The Kier molecular flexibility index (Phi) is 2.83. The molecule has 126 valence electrons. The van der Waals surface area contributed by atoms with Crippen LogP contribution in [0.15, 0.2) is 12.7 Å². The Labute approximate surface area is 139 Å². The zero-order valence-corrected chi connectivity index (χ0v) is 15.8. The molecule has 23 heavy (non-hydrogen) atoms. The zero-order valence-electron chi connectivity index (χ0n) is 14.8. The summed E-state index contributed by atoms with van der Waals surface area (Å²) in [6.45, 7) is 15.8.